The van der Waals surface area contributed by atoms with E-state index in [0.717, 1.165) is 30.3 Å². The second kappa shape index (κ2) is 6.13. The predicted molar refractivity (Wildman–Crippen MR) is 70.2 cm³/mol. The van der Waals surface area contributed by atoms with Crippen LogP contribution in [0.25, 0.3) is 0 Å². The van der Waals surface area contributed by atoms with Crippen LogP contribution in [-0.2, 0) is 6.11 Å². The van der Waals surface area contributed by atoms with Gasteiger partial charge in [0.1, 0.15) is 17.1 Å². The van der Waals surface area contributed by atoms with Gasteiger partial charge in [-0.1, -0.05) is 0 Å². The van der Waals surface area contributed by atoms with Gasteiger partial charge in [0.15, 0.2) is 11.6 Å². The van der Waals surface area contributed by atoms with E-state index in [1.165, 1.54) is 0 Å². The molecule has 0 heterocycles. The highest BCUT2D eigenvalue weighted by molar-refractivity contribution is 5.34. The van der Waals surface area contributed by atoms with Crippen LogP contribution in [0.1, 0.15) is 12.5 Å². The average molecular weight is 316 g/mol. The summed E-state index contributed by atoms with van der Waals surface area (Å²) in [4.78, 5) is 0. The molecule has 118 valence electrons. The van der Waals surface area contributed by atoms with Crippen molar-refractivity contribution in [3.05, 3.63) is 53.6 Å². The number of hydrogen-bond donors (Lipinski definition) is 1. The zero-order valence-electron chi connectivity index (χ0n) is 11.4. The second-order valence-corrected chi connectivity index (χ2v) is 4.28. The van der Waals surface area contributed by atoms with Crippen LogP contribution in [0.3, 0.4) is 0 Å². The Hall–Kier alpha value is -2.44. The molecular formula is C15H12F4O3. The smallest absolute Gasteiger partial charge is 0.429 e. The Morgan fingerprint density at radius 1 is 1.00 bits per heavy atom. The molecule has 0 radical (unpaired) electrons. The van der Waals surface area contributed by atoms with Gasteiger partial charge in [-0.25, -0.2) is 4.39 Å². The van der Waals surface area contributed by atoms with E-state index in [0.29, 0.717) is 6.07 Å². The molecule has 0 fully saturated rings. The zero-order chi connectivity index (χ0) is 16.3. The fraction of sp³-hybridized carbons (Fsp3) is 0.200. The maximum atomic E-state index is 14.0. The highest BCUT2D eigenvalue weighted by atomic mass is 19.3. The van der Waals surface area contributed by atoms with E-state index in [-0.39, 0.29) is 18.1 Å². The van der Waals surface area contributed by atoms with Gasteiger partial charge >= 0.3 is 6.11 Å². The highest BCUT2D eigenvalue weighted by Gasteiger charge is 2.39. The normalized spacial score (nSPS) is 11.3. The Morgan fingerprint density at radius 2 is 1.64 bits per heavy atom. The molecule has 0 aliphatic carbocycles. The third-order valence-corrected chi connectivity index (χ3v) is 2.74. The van der Waals surface area contributed by atoms with Gasteiger partial charge in [-0.2, -0.15) is 13.2 Å². The first-order chi connectivity index (χ1) is 10.3. The van der Waals surface area contributed by atoms with Crippen molar-refractivity contribution < 1.29 is 32.1 Å². The van der Waals surface area contributed by atoms with Crippen molar-refractivity contribution in [2.75, 3.05) is 6.61 Å². The minimum Gasteiger partial charge on any atom is -0.508 e. The SMILES string of the molecule is CCOc1ccc(C(F)(F)Oc2ccc(O)cc2)c(F)c1F. The Morgan fingerprint density at radius 3 is 2.23 bits per heavy atom. The molecule has 0 atom stereocenters. The van der Waals surface area contributed by atoms with Crippen LogP contribution in [0, 0.1) is 11.6 Å². The molecule has 0 unspecified atom stereocenters. The monoisotopic (exact) mass is 316 g/mol. The number of halogens is 4. The molecule has 0 saturated carbocycles. The third-order valence-electron chi connectivity index (χ3n) is 2.74. The number of benzene rings is 2. The molecule has 7 heteroatoms. The van der Waals surface area contributed by atoms with Crippen LogP contribution >= 0.6 is 0 Å². The standard InChI is InChI=1S/C15H12F4O3/c1-2-21-12-8-7-11(13(16)14(12)17)15(18,19)22-10-5-3-9(20)4-6-10/h3-8,20H,2H2,1H3. The Kier molecular flexibility index (Phi) is 4.44. The molecule has 0 spiro atoms. The zero-order valence-corrected chi connectivity index (χ0v) is 11.4. The van der Waals surface area contributed by atoms with Crippen LogP contribution in [0.5, 0.6) is 17.2 Å². The van der Waals surface area contributed by atoms with E-state index in [9.17, 15) is 17.6 Å². The molecule has 0 bridgehead atoms. The highest BCUT2D eigenvalue weighted by Crippen LogP contribution is 2.36. The van der Waals surface area contributed by atoms with E-state index in [1.54, 1.807) is 6.92 Å². The Bertz CT molecular complexity index is 657. The van der Waals surface area contributed by atoms with Gasteiger partial charge in [0, 0.05) is 0 Å². The van der Waals surface area contributed by atoms with Crippen molar-refractivity contribution >= 4 is 0 Å². The molecule has 0 saturated heterocycles. The molecule has 2 aromatic carbocycles. The van der Waals surface area contributed by atoms with E-state index in [1.807, 2.05) is 0 Å². The van der Waals surface area contributed by atoms with E-state index in [4.69, 9.17) is 9.84 Å². The third kappa shape index (κ3) is 3.24. The summed E-state index contributed by atoms with van der Waals surface area (Å²) in [7, 11) is 0. The summed E-state index contributed by atoms with van der Waals surface area (Å²) in [5, 5.41) is 9.07. The van der Waals surface area contributed by atoms with Crippen molar-refractivity contribution in [1.82, 2.24) is 0 Å². The lowest BCUT2D eigenvalue weighted by molar-refractivity contribution is -0.187. The lowest BCUT2D eigenvalue weighted by atomic mass is 10.1. The number of phenolic OH excluding ortho intramolecular Hbond substituents is 1. The maximum Gasteiger partial charge on any atom is 0.429 e. The predicted octanol–water partition coefficient (Wildman–Crippen LogP) is 4.20. The van der Waals surface area contributed by atoms with Crippen molar-refractivity contribution in [2.45, 2.75) is 13.0 Å². The van der Waals surface area contributed by atoms with E-state index in [2.05, 4.69) is 4.74 Å². The molecular weight excluding hydrogens is 304 g/mol. The molecule has 0 aliphatic heterocycles. The van der Waals surface area contributed by atoms with Crippen LogP contribution in [-0.4, -0.2) is 11.7 Å². The minimum atomic E-state index is -4.09. The van der Waals surface area contributed by atoms with Gasteiger partial charge in [0.25, 0.3) is 0 Å². The largest absolute Gasteiger partial charge is 0.508 e. The molecule has 3 nitrogen and oxygen atoms in total. The molecule has 22 heavy (non-hydrogen) atoms. The molecule has 0 amide bonds. The lowest BCUT2D eigenvalue weighted by Gasteiger charge is -2.19. The van der Waals surface area contributed by atoms with Crippen LogP contribution in [0.4, 0.5) is 17.6 Å². The number of alkyl halides is 2. The average Bonchev–Trinajstić information content (AvgIpc) is 2.46. The number of hydrogen-bond acceptors (Lipinski definition) is 3. The first kappa shape index (κ1) is 15.9. The second-order valence-electron chi connectivity index (χ2n) is 4.28. The summed E-state index contributed by atoms with van der Waals surface area (Å²) in [6, 6.07) is 6.01. The van der Waals surface area contributed by atoms with Gasteiger partial charge in [-0.15, -0.1) is 0 Å². The Balaban J connectivity index is 2.32. The van der Waals surface area contributed by atoms with Crippen LogP contribution in [0.2, 0.25) is 0 Å². The topological polar surface area (TPSA) is 38.7 Å². The summed E-state index contributed by atoms with van der Waals surface area (Å²) in [5.74, 6) is -4.15. The summed E-state index contributed by atoms with van der Waals surface area (Å²) in [5.41, 5.74) is -1.25. The number of ether oxygens (including phenoxy) is 2. The number of rotatable bonds is 5. The fourth-order valence-corrected chi connectivity index (χ4v) is 1.74. The lowest BCUT2D eigenvalue weighted by Crippen LogP contribution is -2.24. The molecule has 2 aromatic rings. The van der Waals surface area contributed by atoms with E-state index >= 15 is 0 Å². The van der Waals surface area contributed by atoms with Gasteiger partial charge in [0.2, 0.25) is 5.82 Å². The van der Waals surface area contributed by atoms with Crippen molar-refractivity contribution in [3.8, 4) is 17.2 Å². The summed E-state index contributed by atoms with van der Waals surface area (Å²) < 4.78 is 64.6. The summed E-state index contributed by atoms with van der Waals surface area (Å²) in [6.07, 6.45) is -4.09. The minimum absolute atomic E-state index is 0.0656. The molecule has 1 N–H and O–H groups in total. The summed E-state index contributed by atoms with van der Waals surface area (Å²) >= 11 is 0. The van der Waals surface area contributed by atoms with Gasteiger partial charge in [-0.05, 0) is 43.3 Å². The number of aromatic hydroxyl groups is 1. The first-order valence-corrected chi connectivity index (χ1v) is 6.32. The fourth-order valence-electron chi connectivity index (χ4n) is 1.74. The van der Waals surface area contributed by atoms with Gasteiger partial charge < -0.3 is 14.6 Å². The molecule has 2 rings (SSSR count). The number of phenols is 1. The Labute approximate surface area is 123 Å². The summed E-state index contributed by atoms with van der Waals surface area (Å²) in [6.45, 7) is 1.61. The first-order valence-electron chi connectivity index (χ1n) is 6.32. The van der Waals surface area contributed by atoms with Crippen LogP contribution in [0.15, 0.2) is 36.4 Å². The maximum absolute atomic E-state index is 14.0. The quantitative estimate of drug-likeness (QED) is 0.840. The van der Waals surface area contributed by atoms with Crippen molar-refractivity contribution in [3.63, 3.8) is 0 Å². The molecule has 0 aliphatic rings. The van der Waals surface area contributed by atoms with Crippen molar-refractivity contribution in [2.24, 2.45) is 0 Å². The van der Waals surface area contributed by atoms with Crippen molar-refractivity contribution in [1.29, 1.82) is 0 Å². The van der Waals surface area contributed by atoms with Gasteiger partial charge in [0.05, 0.1) is 6.61 Å². The van der Waals surface area contributed by atoms with Crippen LogP contribution < -0.4 is 9.47 Å². The van der Waals surface area contributed by atoms with Gasteiger partial charge in [-0.3, -0.25) is 0 Å². The van der Waals surface area contributed by atoms with E-state index < -0.39 is 29.1 Å². The molecule has 0 aromatic heterocycles.